The molecule has 1 fully saturated rings. The van der Waals surface area contributed by atoms with E-state index < -0.39 is 12.0 Å². The predicted octanol–water partition coefficient (Wildman–Crippen LogP) is 1.42. The number of likely N-dealkylation sites (tertiary alicyclic amines) is 1. The van der Waals surface area contributed by atoms with Crippen molar-refractivity contribution in [2.24, 2.45) is 0 Å². The van der Waals surface area contributed by atoms with Gasteiger partial charge in [0.2, 0.25) is 0 Å². The fourth-order valence-corrected chi connectivity index (χ4v) is 2.36. The molecule has 1 heterocycles. The Morgan fingerprint density at radius 3 is 2.62 bits per heavy atom. The number of methoxy groups -OCH3 is 1. The maximum absolute atomic E-state index is 12.1. The highest BCUT2D eigenvalue weighted by molar-refractivity contribution is 6.30. The Bertz CT molecular complexity index is 519. The summed E-state index contributed by atoms with van der Waals surface area (Å²) in [5, 5.41) is 9.73. The van der Waals surface area contributed by atoms with Crippen molar-refractivity contribution >= 4 is 23.5 Å². The molecule has 1 aliphatic heterocycles. The average molecular weight is 314 g/mol. The molecule has 0 bridgehead atoms. The second-order valence-electron chi connectivity index (χ2n) is 4.74. The molecule has 114 valence electrons. The maximum Gasteiger partial charge on any atom is 0.326 e. The number of nitrogens with zero attached hydrogens (tertiary/aromatic N) is 1. The number of aliphatic carboxylic acids is 1. The number of carboxylic acids is 1. The topological polar surface area (TPSA) is 76.1 Å². The molecule has 1 amide bonds. The van der Waals surface area contributed by atoms with Crippen molar-refractivity contribution in [3.05, 3.63) is 29.3 Å². The number of hydrogen-bond acceptors (Lipinski definition) is 4. The number of carboxylic acid groups (broad SMARTS) is 1. The van der Waals surface area contributed by atoms with E-state index in [-0.39, 0.29) is 25.2 Å². The first-order chi connectivity index (χ1) is 10.0. The second-order valence-corrected chi connectivity index (χ2v) is 5.17. The molecule has 0 aliphatic carbocycles. The SMILES string of the molecule is COC1CC(C(=O)O)N(C(=O)COc2ccc(Cl)cc2)C1. The number of halogens is 1. The third-order valence-electron chi connectivity index (χ3n) is 3.38. The molecule has 21 heavy (non-hydrogen) atoms. The summed E-state index contributed by atoms with van der Waals surface area (Å²) < 4.78 is 10.5. The van der Waals surface area contributed by atoms with Crippen molar-refractivity contribution < 1.29 is 24.2 Å². The number of rotatable bonds is 5. The molecule has 0 radical (unpaired) electrons. The minimum absolute atomic E-state index is 0.220. The predicted molar refractivity (Wildman–Crippen MR) is 75.5 cm³/mol. The van der Waals surface area contributed by atoms with E-state index in [1.807, 2.05) is 0 Å². The lowest BCUT2D eigenvalue weighted by molar-refractivity contribution is -0.148. The summed E-state index contributed by atoms with van der Waals surface area (Å²) >= 11 is 5.75. The number of benzene rings is 1. The third-order valence-corrected chi connectivity index (χ3v) is 3.63. The van der Waals surface area contributed by atoms with Gasteiger partial charge in [-0.2, -0.15) is 0 Å². The Balaban J connectivity index is 1.95. The molecule has 2 unspecified atom stereocenters. The van der Waals surface area contributed by atoms with Crippen LogP contribution >= 0.6 is 11.6 Å². The minimum atomic E-state index is -1.03. The molecule has 0 spiro atoms. The van der Waals surface area contributed by atoms with Crippen LogP contribution in [0.5, 0.6) is 5.75 Å². The van der Waals surface area contributed by atoms with Crippen LogP contribution in [0.3, 0.4) is 0 Å². The number of hydrogen-bond donors (Lipinski definition) is 1. The fourth-order valence-electron chi connectivity index (χ4n) is 2.24. The first kappa shape index (κ1) is 15.6. The lowest BCUT2D eigenvalue weighted by atomic mass is 10.2. The van der Waals surface area contributed by atoms with E-state index in [9.17, 15) is 9.59 Å². The van der Waals surface area contributed by atoms with Crippen molar-refractivity contribution in [3.8, 4) is 5.75 Å². The third kappa shape index (κ3) is 3.86. The molecule has 1 saturated heterocycles. The molecular weight excluding hydrogens is 298 g/mol. The highest BCUT2D eigenvalue weighted by Gasteiger charge is 2.39. The summed E-state index contributed by atoms with van der Waals surface area (Å²) in [7, 11) is 1.50. The van der Waals surface area contributed by atoms with E-state index in [2.05, 4.69) is 0 Å². The number of amides is 1. The highest BCUT2D eigenvalue weighted by Crippen LogP contribution is 2.21. The molecule has 1 aromatic rings. The second kappa shape index (κ2) is 6.78. The summed E-state index contributed by atoms with van der Waals surface area (Å²) in [5.74, 6) is -0.909. The zero-order valence-corrected chi connectivity index (χ0v) is 12.2. The monoisotopic (exact) mass is 313 g/mol. The van der Waals surface area contributed by atoms with Crippen molar-refractivity contribution in [2.75, 3.05) is 20.3 Å². The van der Waals surface area contributed by atoms with Crippen molar-refractivity contribution in [2.45, 2.75) is 18.6 Å². The zero-order chi connectivity index (χ0) is 15.4. The summed E-state index contributed by atoms with van der Waals surface area (Å²) in [5.41, 5.74) is 0. The van der Waals surface area contributed by atoms with Crippen LogP contribution in [0.4, 0.5) is 0 Å². The normalized spacial score (nSPS) is 21.3. The Morgan fingerprint density at radius 1 is 1.38 bits per heavy atom. The molecule has 0 aromatic heterocycles. The van der Waals surface area contributed by atoms with E-state index in [0.29, 0.717) is 17.2 Å². The van der Waals surface area contributed by atoms with Crippen LogP contribution in [0, 0.1) is 0 Å². The molecule has 0 saturated carbocycles. The lowest BCUT2D eigenvalue weighted by Crippen LogP contribution is -2.43. The molecule has 2 rings (SSSR count). The van der Waals surface area contributed by atoms with Gasteiger partial charge >= 0.3 is 5.97 Å². The number of carbonyl (C=O) groups is 2. The number of ether oxygens (including phenoxy) is 2. The first-order valence-electron chi connectivity index (χ1n) is 6.44. The van der Waals surface area contributed by atoms with E-state index >= 15 is 0 Å². The van der Waals surface area contributed by atoms with Crippen molar-refractivity contribution in [3.63, 3.8) is 0 Å². The molecule has 2 atom stereocenters. The van der Waals surface area contributed by atoms with Crippen LogP contribution < -0.4 is 4.74 Å². The van der Waals surface area contributed by atoms with Gasteiger partial charge in [0.1, 0.15) is 11.8 Å². The van der Waals surface area contributed by atoms with Crippen molar-refractivity contribution in [1.82, 2.24) is 4.90 Å². The average Bonchev–Trinajstić information content (AvgIpc) is 2.91. The molecule has 7 heteroatoms. The van der Waals surface area contributed by atoms with Gasteiger partial charge in [0, 0.05) is 25.1 Å². The van der Waals surface area contributed by atoms with E-state index in [0.717, 1.165) is 0 Å². The zero-order valence-electron chi connectivity index (χ0n) is 11.5. The molecular formula is C14H16ClNO5. The highest BCUT2D eigenvalue weighted by atomic mass is 35.5. The lowest BCUT2D eigenvalue weighted by Gasteiger charge is -2.21. The maximum atomic E-state index is 12.1. The van der Waals surface area contributed by atoms with E-state index in [1.165, 1.54) is 12.0 Å². The summed E-state index contributed by atoms with van der Waals surface area (Å²) in [6, 6.07) is 5.73. The van der Waals surface area contributed by atoms with Gasteiger partial charge in [-0.3, -0.25) is 4.79 Å². The Kier molecular flexibility index (Phi) is 5.03. The summed E-state index contributed by atoms with van der Waals surface area (Å²) in [6.07, 6.45) is 0.0315. The quantitative estimate of drug-likeness (QED) is 0.889. The van der Waals surface area contributed by atoms with Crippen LogP contribution in [-0.2, 0) is 14.3 Å². The Labute approximate surface area is 127 Å². The summed E-state index contributed by atoms with van der Waals surface area (Å²) in [6.45, 7) is 0.0398. The van der Waals surface area contributed by atoms with Gasteiger partial charge in [0.15, 0.2) is 6.61 Å². The first-order valence-corrected chi connectivity index (χ1v) is 6.82. The van der Waals surface area contributed by atoms with Crippen LogP contribution in [0.1, 0.15) is 6.42 Å². The Hall–Kier alpha value is -1.79. The van der Waals surface area contributed by atoms with Gasteiger partial charge in [-0.15, -0.1) is 0 Å². The van der Waals surface area contributed by atoms with Crippen LogP contribution in [0.15, 0.2) is 24.3 Å². The van der Waals surface area contributed by atoms with Crippen molar-refractivity contribution in [1.29, 1.82) is 0 Å². The fraction of sp³-hybridized carbons (Fsp3) is 0.429. The van der Waals surface area contributed by atoms with Gasteiger partial charge < -0.3 is 19.5 Å². The van der Waals surface area contributed by atoms with Gasteiger partial charge in [0.05, 0.1) is 6.10 Å². The number of carbonyl (C=O) groups excluding carboxylic acids is 1. The largest absolute Gasteiger partial charge is 0.484 e. The van der Waals surface area contributed by atoms with Gasteiger partial charge in [-0.05, 0) is 24.3 Å². The van der Waals surface area contributed by atoms with Crippen LogP contribution in [0.25, 0.3) is 0 Å². The Morgan fingerprint density at radius 2 is 2.05 bits per heavy atom. The standard InChI is InChI=1S/C14H16ClNO5/c1-20-11-6-12(14(18)19)16(7-11)13(17)8-21-10-4-2-9(15)3-5-10/h2-5,11-12H,6-8H2,1H3,(H,18,19). The molecule has 1 aliphatic rings. The molecule has 1 aromatic carbocycles. The summed E-state index contributed by atoms with van der Waals surface area (Å²) in [4.78, 5) is 24.6. The smallest absolute Gasteiger partial charge is 0.326 e. The minimum Gasteiger partial charge on any atom is -0.484 e. The van der Waals surface area contributed by atoms with Gasteiger partial charge in [-0.25, -0.2) is 4.79 Å². The van der Waals surface area contributed by atoms with Gasteiger partial charge in [0.25, 0.3) is 5.91 Å². The van der Waals surface area contributed by atoms with Crippen LogP contribution in [-0.4, -0.2) is 54.3 Å². The van der Waals surface area contributed by atoms with Crippen LogP contribution in [0.2, 0.25) is 5.02 Å². The van der Waals surface area contributed by atoms with E-state index in [1.54, 1.807) is 24.3 Å². The molecule has 1 N–H and O–H groups in total. The molecule has 6 nitrogen and oxygen atoms in total. The van der Waals surface area contributed by atoms with Gasteiger partial charge in [-0.1, -0.05) is 11.6 Å². The van der Waals surface area contributed by atoms with E-state index in [4.69, 9.17) is 26.2 Å².